The second-order valence-corrected chi connectivity index (χ2v) is 8.95. The van der Waals surface area contributed by atoms with Crippen molar-refractivity contribution in [2.75, 3.05) is 18.4 Å². The Labute approximate surface area is 186 Å². The maximum absolute atomic E-state index is 13.1. The molecule has 0 saturated carbocycles. The topological polar surface area (TPSA) is 49.4 Å². The number of para-hydroxylation sites is 1. The molecule has 0 aliphatic carbocycles. The Morgan fingerprint density at radius 1 is 0.903 bits per heavy atom. The number of likely N-dealkylation sites (tertiary alicyclic amines) is 1. The molecular weight excluding hydrogens is 384 g/mol. The molecule has 0 unspecified atom stereocenters. The van der Waals surface area contributed by atoms with Gasteiger partial charge in [0.2, 0.25) is 11.8 Å². The first kappa shape index (κ1) is 22.8. The van der Waals surface area contributed by atoms with E-state index in [-0.39, 0.29) is 17.7 Å². The van der Waals surface area contributed by atoms with Crippen LogP contribution in [0.15, 0.2) is 54.6 Å². The lowest BCUT2D eigenvalue weighted by molar-refractivity contribution is -0.130. The quantitative estimate of drug-likeness (QED) is 0.601. The van der Waals surface area contributed by atoms with Crippen LogP contribution in [-0.4, -0.2) is 29.8 Å². The highest BCUT2D eigenvalue weighted by molar-refractivity contribution is 5.95. The summed E-state index contributed by atoms with van der Waals surface area (Å²) in [4.78, 5) is 27.4. The van der Waals surface area contributed by atoms with Gasteiger partial charge in [0, 0.05) is 30.8 Å². The van der Waals surface area contributed by atoms with Gasteiger partial charge in [0.25, 0.3) is 0 Å². The van der Waals surface area contributed by atoms with E-state index in [9.17, 15) is 9.59 Å². The summed E-state index contributed by atoms with van der Waals surface area (Å²) in [5, 5.41) is 3.25. The lowest BCUT2D eigenvalue weighted by Gasteiger charge is -2.31. The van der Waals surface area contributed by atoms with Gasteiger partial charge < -0.3 is 10.2 Å². The van der Waals surface area contributed by atoms with E-state index in [0.717, 1.165) is 11.3 Å². The predicted molar refractivity (Wildman–Crippen MR) is 128 cm³/mol. The minimum atomic E-state index is -0.0672. The molecule has 4 heteroatoms. The number of hydrogen-bond donors (Lipinski definition) is 1. The zero-order valence-corrected chi connectivity index (χ0v) is 19.1. The molecule has 1 saturated heterocycles. The van der Waals surface area contributed by atoms with E-state index in [4.69, 9.17) is 0 Å². The zero-order chi connectivity index (χ0) is 22.4. The van der Waals surface area contributed by atoms with Gasteiger partial charge in [-0.1, -0.05) is 76.2 Å². The summed E-state index contributed by atoms with van der Waals surface area (Å²) < 4.78 is 0. The molecule has 1 N–H and O–H groups in total. The summed E-state index contributed by atoms with van der Waals surface area (Å²) in [5.41, 5.74) is 4.34. The summed E-state index contributed by atoms with van der Waals surface area (Å²) in [5.74, 6) is 0.689. The Balaban J connectivity index is 1.61. The van der Waals surface area contributed by atoms with Crippen LogP contribution < -0.4 is 5.32 Å². The Kier molecular flexibility index (Phi) is 7.67. The highest BCUT2D eigenvalue weighted by atomic mass is 16.2. The Hall–Kier alpha value is -2.88. The molecule has 0 spiro atoms. The van der Waals surface area contributed by atoms with Gasteiger partial charge in [-0.25, -0.2) is 0 Å². The molecule has 164 valence electrons. The van der Waals surface area contributed by atoms with Crippen molar-refractivity contribution in [2.45, 2.75) is 52.4 Å². The van der Waals surface area contributed by atoms with Crippen molar-refractivity contribution < 1.29 is 9.59 Å². The van der Waals surface area contributed by atoms with E-state index in [1.54, 1.807) is 6.08 Å². The van der Waals surface area contributed by atoms with Crippen LogP contribution in [-0.2, 0) is 9.59 Å². The van der Waals surface area contributed by atoms with Crippen molar-refractivity contribution in [1.82, 2.24) is 4.90 Å². The van der Waals surface area contributed by atoms with E-state index in [1.165, 1.54) is 11.1 Å². The van der Waals surface area contributed by atoms with Gasteiger partial charge in [0.05, 0.1) is 0 Å². The molecule has 2 aromatic rings. The van der Waals surface area contributed by atoms with Gasteiger partial charge in [-0.2, -0.15) is 0 Å². The van der Waals surface area contributed by atoms with Gasteiger partial charge in [0.1, 0.15) is 0 Å². The van der Waals surface area contributed by atoms with Gasteiger partial charge >= 0.3 is 0 Å². The maximum Gasteiger partial charge on any atom is 0.246 e. The highest BCUT2D eigenvalue weighted by Gasteiger charge is 2.28. The minimum absolute atomic E-state index is 0.00922. The molecule has 31 heavy (non-hydrogen) atoms. The van der Waals surface area contributed by atoms with Gasteiger partial charge in [0.15, 0.2) is 0 Å². The first-order valence-corrected chi connectivity index (χ1v) is 11.3. The summed E-state index contributed by atoms with van der Waals surface area (Å²) in [6.45, 7) is 9.84. The van der Waals surface area contributed by atoms with Crippen LogP contribution in [0.4, 0.5) is 5.69 Å². The minimum Gasteiger partial charge on any atom is -0.339 e. The fourth-order valence-corrected chi connectivity index (χ4v) is 4.12. The number of benzene rings is 2. The fraction of sp³-hybridized carbons (Fsp3) is 0.407. The van der Waals surface area contributed by atoms with Crippen LogP contribution in [0.5, 0.6) is 0 Å². The van der Waals surface area contributed by atoms with E-state index >= 15 is 0 Å². The first-order valence-electron chi connectivity index (χ1n) is 11.3. The Bertz CT molecular complexity index is 897. The van der Waals surface area contributed by atoms with Crippen LogP contribution in [0, 0.1) is 5.92 Å². The standard InChI is InChI=1S/C27H34N2O2/c1-19(2)23-11-8-12-24(20(3)4)26(23)28-27(31)22-15-17-29(18-16-22)25(30)14-13-21-9-6-5-7-10-21/h5-14,19-20,22H,15-18H2,1-4H3,(H,28,31)/b14-13+. The average molecular weight is 419 g/mol. The summed E-state index contributed by atoms with van der Waals surface area (Å²) >= 11 is 0. The van der Waals surface area contributed by atoms with Gasteiger partial charge in [-0.3, -0.25) is 9.59 Å². The second kappa shape index (κ2) is 10.4. The number of piperidine rings is 1. The highest BCUT2D eigenvalue weighted by Crippen LogP contribution is 2.33. The number of anilines is 1. The molecule has 2 aromatic carbocycles. The van der Waals surface area contributed by atoms with Gasteiger partial charge in [-0.15, -0.1) is 0 Å². The molecular formula is C27H34N2O2. The van der Waals surface area contributed by atoms with E-state index in [2.05, 4.69) is 51.2 Å². The van der Waals surface area contributed by atoms with Crippen molar-refractivity contribution >= 4 is 23.6 Å². The summed E-state index contributed by atoms with van der Waals surface area (Å²) in [6.07, 6.45) is 4.86. The molecule has 3 rings (SSSR count). The molecule has 1 aliphatic heterocycles. The van der Waals surface area contributed by atoms with Crippen LogP contribution >= 0.6 is 0 Å². The van der Waals surface area contributed by atoms with Crippen molar-refractivity contribution in [1.29, 1.82) is 0 Å². The van der Waals surface area contributed by atoms with Crippen molar-refractivity contribution in [3.05, 3.63) is 71.3 Å². The fourth-order valence-electron chi connectivity index (χ4n) is 4.12. The third-order valence-electron chi connectivity index (χ3n) is 6.02. The molecule has 0 bridgehead atoms. The number of carbonyl (C=O) groups is 2. The molecule has 4 nitrogen and oxygen atoms in total. The number of hydrogen-bond acceptors (Lipinski definition) is 2. The van der Waals surface area contributed by atoms with Crippen molar-refractivity contribution in [3.8, 4) is 0 Å². The molecule has 2 amide bonds. The van der Waals surface area contributed by atoms with Crippen LogP contribution in [0.25, 0.3) is 6.08 Å². The predicted octanol–water partition coefficient (Wildman–Crippen LogP) is 5.82. The van der Waals surface area contributed by atoms with Gasteiger partial charge in [-0.05, 0) is 47.4 Å². The smallest absolute Gasteiger partial charge is 0.246 e. The summed E-state index contributed by atoms with van der Waals surface area (Å²) in [7, 11) is 0. The van der Waals surface area contributed by atoms with E-state index < -0.39 is 0 Å². The first-order chi connectivity index (χ1) is 14.9. The number of amides is 2. The summed E-state index contributed by atoms with van der Waals surface area (Å²) in [6, 6.07) is 16.1. The van der Waals surface area contributed by atoms with Crippen LogP contribution in [0.1, 0.15) is 69.1 Å². The molecule has 0 aromatic heterocycles. The second-order valence-electron chi connectivity index (χ2n) is 8.95. The molecule has 0 atom stereocenters. The zero-order valence-electron chi connectivity index (χ0n) is 19.1. The van der Waals surface area contributed by atoms with Crippen molar-refractivity contribution in [3.63, 3.8) is 0 Å². The maximum atomic E-state index is 13.1. The van der Waals surface area contributed by atoms with Crippen LogP contribution in [0.2, 0.25) is 0 Å². The number of carbonyl (C=O) groups excluding carboxylic acids is 2. The number of rotatable bonds is 6. The monoisotopic (exact) mass is 418 g/mol. The van der Waals surface area contributed by atoms with E-state index in [0.29, 0.717) is 37.8 Å². The molecule has 0 radical (unpaired) electrons. The lowest BCUT2D eigenvalue weighted by atomic mass is 9.91. The number of nitrogens with one attached hydrogen (secondary N) is 1. The molecule has 1 fully saturated rings. The SMILES string of the molecule is CC(C)c1cccc(C(C)C)c1NC(=O)C1CCN(C(=O)/C=C/c2ccccc2)CC1. The normalized spacial score (nSPS) is 15.1. The third-order valence-corrected chi connectivity index (χ3v) is 6.02. The number of nitrogens with zero attached hydrogens (tertiary/aromatic N) is 1. The average Bonchev–Trinajstić information content (AvgIpc) is 2.78. The Morgan fingerprint density at radius 3 is 2.03 bits per heavy atom. The molecule has 1 heterocycles. The van der Waals surface area contributed by atoms with Crippen molar-refractivity contribution in [2.24, 2.45) is 5.92 Å². The molecule has 1 aliphatic rings. The third kappa shape index (κ3) is 5.84. The van der Waals surface area contributed by atoms with E-state index in [1.807, 2.05) is 41.3 Å². The largest absolute Gasteiger partial charge is 0.339 e. The van der Waals surface area contributed by atoms with Crippen LogP contribution in [0.3, 0.4) is 0 Å². The Morgan fingerprint density at radius 2 is 1.48 bits per heavy atom. The lowest BCUT2D eigenvalue weighted by Crippen LogP contribution is -2.40.